The van der Waals surface area contributed by atoms with Crippen LogP contribution in [0.3, 0.4) is 0 Å². The van der Waals surface area contributed by atoms with E-state index >= 15 is 0 Å². The van der Waals surface area contributed by atoms with Gasteiger partial charge in [-0.1, -0.05) is 42.5 Å². The first-order valence-corrected chi connectivity index (χ1v) is 15.4. The fourth-order valence-corrected chi connectivity index (χ4v) is 5.65. The summed E-state index contributed by atoms with van der Waals surface area (Å²) in [6.45, 7) is -0.757. The number of para-hydroxylation sites is 2. The Morgan fingerprint density at radius 2 is 1.46 bits per heavy atom. The lowest BCUT2D eigenvalue weighted by Crippen LogP contribution is -2.39. The Morgan fingerprint density at radius 1 is 0.783 bits per heavy atom. The summed E-state index contributed by atoms with van der Waals surface area (Å²) in [4.78, 5) is 25.1. The molecule has 240 valence electrons. The van der Waals surface area contributed by atoms with Crippen molar-refractivity contribution >= 4 is 33.7 Å². The molecule has 0 bridgehead atoms. The maximum atomic E-state index is 13.7. The van der Waals surface area contributed by atoms with E-state index in [9.17, 15) is 18.0 Å². The summed E-state index contributed by atoms with van der Waals surface area (Å²) in [6.07, 6.45) is 1.40. The van der Waals surface area contributed by atoms with E-state index in [4.69, 9.17) is 18.9 Å². The highest BCUT2D eigenvalue weighted by atomic mass is 32.2. The summed E-state index contributed by atoms with van der Waals surface area (Å²) in [5.74, 6) is 0.606. The quantitative estimate of drug-likeness (QED) is 0.145. The van der Waals surface area contributed by atoms with E-state index in [2.05, 4.69) is 15.8 Å². The van der Waals surface area contributed by atoms with Crippen molar-refractivity contribution in [3.05, 3.63) is 108 Å². The van der Waals surface area contributed by atoms with Crippen molar-refractivity contribution < 1.29 is 37.0 Å². The van der Waals surface area contributed by atoms with Gasteiger partial charge >= 0.3 is 0 Å². The van der Waals surface area contributed by atoms with Gasteiger partial charge in [0.05, 0.1) is 44.7 Å². The van der Waals surface area contributed by atoms with Crippen molar-refractivity contribution in [3.63, 3.8) is 0 Å². The Balaban J connectivity index is 1.36. The lowest BCUT2D eigenvalue weighted by Gasteiger charge is -2.22. The molecule has 0 saturated carbocycles. The van der Waals surface area contributed by atoms with Crippen molar-refractivity contribution in [2.75, 3.05) is 39.8 Å². The highest BCUT2D eigenvalue weighted by Gasteiger charge is 2.28. The number of benzene rings is 4. The number of amides is 2. The van der Waals surface area contributed by atoms with Crippen LogP contribution in [0.1, 0.15) is 11.1 Å². The predicted molar refractivity (Wildman–Crippen MR) is 173 cm³/mol. The average Bonchev–Trinajstić information content (AvgIpc) is 3.08. The molecule has 4 aromatic rings. The molecule has 0 aliphatic carbocycles. The van der Waals surface area contributed by atoms with E-state index in [1.165, 1.54) is 45.7 Å². The zero-order valence-corrected chi connectivity index (χ0v) is 26.3. The van der Waals surface area contributed by atoms with E-state index in [0.29, 0.717) is 34.1 Å². The van der Waals surface area contributed by atoms with Crippen molar-refractivity contribution in [1.82, 2.24) is 9.73 Å². The van der Waals surface area contributed by atoms with Crippen LogP contribution < -0.4 is 29.7 Å². The molecule has 0 spiro atoms. The molecule has 0 aliphatic rings. The minimum atomic E-state index is -4.13. The Kier molecular flexibility index (Phi) is 11.7. The van der Waals surface area contributed by atoms with Crippen molar-refractivity contribution in [3.8, 4) is 23.0 Å². The largest absolute Gasteiger partial charge is 0.495 e. The molecular weight excluding hydrogens is 612 g/mol. The topological polar surface area (TPSA) is 145 Å². The van der Waals surface area contributed by atoms with E-state index in [-0.39, 0.29) is 29.7 Å². The molecule has 12 nitrogen and oxygen atoms in total. The van der Waals surface area contributed by atoms with E-state index in [1.54, 1.807) is 72.8 Å². The van der Waals surface area contributed by atoms with Crippen LogP contribution >= 0.6 is 0 Å². The fraction of sp³-hybridized carbons (Fsp3) is 0.182. The molecule has 13 heteroatoms. The summed E-state index contributed by atoms with van der Waals surface area (Å²) >= 11 is 0. The van der Waals surface area contributed by atoms with Crippen LogP contribution in [0.4, 0.5) is 5.69 Å². The molecule has 0 aromatic heterocycles. The summed E-state index contributed by atoms with van der Waals surface area (Å²) < 4.78 is 49.6. The monoisotopic (exact) mass is 646 g/mol. The Bertz CT molecular complexity index is 1760. The molecule has 46 heavy (non-hydrogen) atoms. The van der Waals surface area contributed by atoms with Crippen molar-refractivity contribution in [2.45, 2.75) is 11.4 Å². The number of nitrogens with one attached hydrogen (secondary N) is 2. The molecule has 0 aliphatic heterocycles. The Hall–Kier alpha value is -5.40. The van der Waals surface area contributed by atoms with Gasteiger partial charge in [0.2, 0.25) is 10.0 Å². The smallest absolute Gasteiger partial charge is 0.262 e. The van der Waals surface area contributed by atoms with Gasteiger partial charge in [-0.15, -0.1) is 0 Å². The first kappa shape index (κ1) is 33.5. The van der Waals surface area contributed by atoms with Gasteiger partial charge in [-0.25, -0.2) is 13.8 Å². The number of sulfonamides is 1. The van der Waals surface area contributed by atoms with Gasteiger partial charge in [-0.05, 0) is 59.7 Å². The highest BCUT2D eigenvalue weighted by Crippen LogP contribution is 2.31. The Morgan fingerprint density at radius 3 is 2.15 bits per heavy atom. The molecule has 0 unspecified atom stereocenters. The van der Waals surface area contributed by atoms with Gasteiger partial charge in [-0.3, -0.25) is 9.59 Å². The molecule has 2 amide bonds. The molecule has 0 radical (unpaired) electrons. The lowest BCUT2D eigenvalue weighted by molar-refractivity contribution is -0.121. The van der Waals surface area contributed by atoms with Crippen LogP contribution in [0, 0.1) is 0 Å². The van der Waals surface area contributed by atoms with Crippen molar-refractivity contribution in [2.24, 2.45) is 5.10 Å². The second-order valence-electron chi connectivity index (χ2n) is 9.67. The zero-order valence-electron chi connectivity index (χ0n) is 25.5. The predicted octanol–water partition coefficient (Wildman–Crippen LogP) is 4.07. The number of anilines is 1. The highest BCUT2D eigenvalue weighted by molar-refractivity contribution is 7.89. The Labute approximate surface area is 267 Å². The number of nitrogens with zero attached hydrogens (tertiary/aromatic N) is 2. The summed E-state index contributed by atoms with van der Waals surface area (Å²) in [5.41, 5.74) is 4.25. The first-order valence-electron chi connectivity index (χ1n) is 14.0. The second kappa shape index (κ2) is 16.1. The number of hydrazone groups is 1. The summed E-state index contributed by atoms with van der Waals surface area (Å²) in [6, 6.07) is 26.9. The first-order chi connectivity index (χ1) is 22.2. The zero-order chi connectivity index (χ0) is 32.9. The molecule has 0 fully saturated rings. The molecule has 4 aromatic carbocycles. The number of methoxy groups -OCH3 is 3. The van der Waals surface area contributed by atoms with Gasteiger partial charge < -0.3 is 24.3 Å². The van der Waals surface area contributed by atoms with Gasteiger partial charge in [-0.2, -0.15) is 9.41 Å². The van der Waals surface area contributed by atoms with Crippen molar-refractivity contribution in [1.29, 1.82) is 0 Å². The third-order valence-corrected chi connectivity index (χ3v) is 8.34. The molecular formula is C33H34N4O8S. The van der Waals surface area contributed by atoms with E-state index in [0.717, 1.165) is 4.31 Å². The number of hydrogen-bond donors (Lipinski definition) is 2. The van der Waals surface area contributed by atoms with Crippen LogP contribution in [-0.2, 0) is 26.2 Å². The number of rotatable bonds is 15. The minimum absolute atomic E-state index is 0.0486. The van der Waals surface area contributed by atoms with Gasteiger partial charge in [0.25, 0.3) is 11.8 Å². The normalized spacial score (nSPS) is 11.2. The number of carbonyl (C=O) groups excluding carboxylic acids is 2. The SMILES string of the molecule is COc1ccccc1NC(=O)COc1ccc(/C=N/NC(=O)CN(Cc2ccccc2)S(=O)(=O)c2ccc(OC)c(OC)c2)cc1. The third-order valence-electron chi connectivity index (χ3n) is 6.55. The number of ether oxygens (including phenoxy) is 4. The summed E-state index contributed by atoms with van der Waals surface area (Å²) in [7, 11) is 0.248. The van der Waals surface area contributed by atoms with Gasteiger partial charge in [0, 0.05) is 12.6 Å². The molecule has 4 rings (SSSR count). The van der Waals surface area contributed by atoms with Gasteiger partial charge in [0.1, 0.15) is 11.5 Å². The van der Waals surface area contributed by atoms with Crippen LogP contribution in [0.5, 0.6) is 23.0 Å². The van der Waals surface area contributed by atoms with E-state index < -0.39 is 22.5 Å². The van der Waals surface area contributed by atoms with Crippen LogP contribution in [0.25, 0.3) is 0 Å². The van der Waals surface area contributed by atoms with Crippen LogP contribution in [0.2, 0.25) is 0 Å². The van der Waals surface area contributed by atoms with Crippen LogP contribution in [0.15, 0.2) is 107 Å². The maximum Gasteiger partial charge on any atom is 0.262 e. The molecule has 2 N–H and O–H groups in total. The maximum absolute atomic E-state index is 13.7. The van der Waals surface area contributed by atoms with Crippen LogP contribution in [-0.4, -0.2) is 65.2 Å². The number of hydrogen-bond acceptors (Lipinski definition) is 9. The lowest BCUT2D eigenvalue weighted by atomic mass is 10.2. The fourth-order valence-electron chi connectivity index (χ4n) is 4.25. The standard InChI is InChI=1S/C33H34N4O8S/c1-42-29-12-8-7-11-28(29)35-33(39)23-45-26-15-13-24(14-16-26)20-34-36-32(38)22-37(21-25-9-5-4-6-10-25)46(40,41)27-17-18-30(43-2)31(19-27)44-3/h4-20H,21-23H2,1-3H3,(H,35,39)(H,36,38)/b34-20+. The number of carbonyl (C=O) groups is 2. The molecule has 0 atom stereocenters. The summed E-state index contributed by atoms with van der Waals surface area (Å²) in [5, 5.41) is 6.71. The third kappa shape index (κ3) is 9.06. The molecule has 0 saturated heterocycles. The average molecular weight is 647 g/mol. The van der Waals surface area contributed by atoms with Gasteiger partial charge in [0.15, 0.2) is 18.1 Å². The second-order valence-corrected chi connectivity index (χ2v) is 11.6. The van der Waals surface area contributed by atoms with E-state index in [1.807, 2.05) is 6.07 Å². The minimum Gasteiger partial charge on any atom is -0.495 e. The molecule has 0 heterocycles.